The van der Waals surface area contributed by atoms with Crippen molar-refractivity contribution in [3.63, 3.8) is 0 Å². The van der Waals surface area contributed by atoms with Crippen LogP contribution in [0.3, 0.4) is 0 Å². The van der Waals surface area contributed by atoms with Gasteiger partial charge in [0.1, 0.15) is 5.82 Å². The minimum Gasteiger partial charge on any atom is -0.271 e. The van der Waals surface area contributed by atoms with E-state index in [4.69, 9.17) is 5.84 Å². The molecule has 1 fully saturated rings. The summed E-state index contributed by atoms with van der Waals surface area (Å²) in [5.74, 6) is 7.09. The molecule has 1 aliphatic rings. The standard InChI is InChI=1S/C13H19FN2S/c14-11-5-7-12(8-6-11)17-9-13(16-15)10-3-1-2-4-10/h5-8,10,13,16H,1-4,9,15H2. The van der Waals surface area contributed by atoms with Gasteiger partial charge in [0.2, 0.25) is 0 Å². The Bertz CT molecular complexity index is 336. The molecule has 17 heavy (non-hydrogen) atoms. The van der Waals surface area contributed by atoms with Gasteiger partial charge in [-0.2, -0.15) is 0 Å². The first kappa shape index (κ1) is 12.9. The summed E-state index contributed by atoms with van der Waals surface area (Å²) in [7, 11) is 0. The molecule has 4 heteroatoms. The van der Waals surface area contributed by atoms with Gasteiger partial charge in [-0.3, -0.25) is 11.3 Å². The zero-order chi connectivity index (χ0) is 12.1. The van der Waals surface area contributed by atoms with Crippen molar-refractivity contribution in [1.82, 2.24) is 5.43 Å². The quantitative estimate of drug-likeness (QED) is 0.482. The van der Waals surface area contributed by atoms with Crippen molar-refractivity contribution in [3.8, 4) is 0 Å². The largest absolute Gasteiger partial charge is 0.271 e. The minimum absolute atomic E-state index is 0.182. The van der Waals surface area contributed by atoms with Crippen LogP contribution in [0.1, 0.15) is 25.7 Å². The normalized spacial score (nSPS) is 18.5. The molecule has 0 amide bonds. The highest BCUT2D eigenvalue weighted by Gasteiger charge is 2.23. The lowest BCUT2D eigenvalue weighted by Crippen LogP contribution is -2.41. The maximum Gasteiger partial charge on any atom is 0.123 e. The zero-order valence-electron chi connectivity index (χ0n) is 9.86. The Balaban J connectivity index is 1.84. The lowest BCUT2D eigenvalue weighted by Gasteiger charge is -2.22. The molecule has 3 N–H and O–H groups in total. The molecule has 0 spiro atoms. The Kier molecular flexibility index (Phi) is 4.83. The van der Waals surface area contributed by atoms with Crippen molar-refractivity contribution in [2.24, 2.45) is 11.8 Å². The molecule has 0 aliphatic heterocycles. The Morgan fingerprint density at radius 2 is 1.94 bits per heavy atom. The second-order valence-corrected chi connectivity index (χ2v) is 5.68. The highest BCUT2D eigenvalue weighted by molar-refractivity contribution is 7.99. The summed E-state index contributed by atoms with van der Waals surface area (Å²) in [6, 6.07) is 7.02. The van der Waals surface area contributed by atoms with Gasteiger partial charge in [0.25, 0.3) is 0 Å². The van der Waals surface area contributed by atoms with Crippen LogP contribution in [0.5, 0.6) is 0 Å². The fourth-order valence-corrected chi connectivity index (χ4v) is 3.47. The average molecular weight is 254 g/mol. The summed E-state index contributed by atoms with van der Waals surface area (Å²) < 4.78 is 12.8. The first-order valence-electron chi connectivity index (χ1n) is 6.14. The molecule has 1 unspecified atom stereocenters. The molecule has 2 rings (SSSR count). The Morgan fingerprint density at radius 3 is 2.53 bits per heavy atom. The van der Waals surface area contributed by atoms with E-state index in [1.165, 1.54) is 37.8 Å². The lowest BCUT2D eigenvalue weighted by molar-refractivity contribution is 0.393. The van der Waals surface area contributed by atoms with Gasteiger partial charge in [-0.1, -0.05) is 12.8 Å². The summed E-state index contributed by atoms with van der Waals surface area (Å²) in [6.45, 7) is 0. The first-order chi connectivity index (χ1) is 8.29. The van der Waals surface area contributed by atoms with Gasteiger partial charge in [0.15, 0.2) is 0 Å². The minimum atomic E-state index is -0.182. The summed E-state index contributed by atoms with van der Waals surface area (Å²) in [5.41, 5.74) is 2.93. The van der Waals surface area contributed by atoms with E-state index in [0.29, 0.717) is 12.0 Å². The van der Waals surface area contributed by atoms with E-state index in [9.17, 15) is 4.39 Å². The van der Waals surface area contributed by atoms with Crippen LogP contribution in [-0.4, -0.2) is 11.8 Å². The molecule has 0 radical (unpaired) electrons. The van der Waals surface area contributed by atoms with Crippen molar-refractivity contribution >= 4 is 11.8 Å². The van der Waals surface area contributed by atoms with E-state index in [2.05, 4.69) is 5.43 Å². The van der Waals surface area contributed by atoms with E-state index in [1.54, 1.807) is 11.8 Å². The van der Waals surface area contributed by atoms with E-state index < -0.39 is 0 Å². The number of rotatable bonds is 5. The molecular weight excluding hydrogens is 235 g/mol. The van der Waals surface area contributed by atoms with Gasteiger partial charge in [-0.05, 0) is 43.0 Å². The van der Waals surface area contributed by atoms with Gasteiger partial charge in [0, 0.05) is 16.7 Å². The van der Waals surface area contributed by atoms with Crippen LogP contribution in [0, 0.1) is 11.7 Å². The monoisotopic (exact) mass is 254 g/mol. The van der Waals surface area contributed by atoms with Crippen LogP contribution in [0.4, 0.5) is 4.39 Å². The van der Waals surface area contributed by atoms with Crippen molar-refractivity contribution in [2.45, 2.75) is 36.6 Å². The van der Waals surface area contributed by atoms with Crippen molar-refractivity contribution in [1.29, 1.82) is 0 Å². The fraction of sp³-hybridized carbons (Fsp3) is 0.538. The van der Waals surface area contributed by atoms with Gasteiger partial charge >= 0.3 is 0 Å². The van der Waals surface area contributed by atoms with E-state index in [0.717, 1.165) is 10.6 Å². The third-order valence-corrected chi connectivity index (χ3v) is 4.56. The molecule has 1 aliphatic carbocycles. The molecule has 1 aromatic rings. The molecular formula is C13H19FN2S. The predicted octanol–water partition coefficient (Wildman–Crippen LogP) is 2.94. The Hall–Kier alpha value is -0.580. The number of hydrazine groups is 1. The topological polar surface area (TPSA) is 38.0 Å². The number of benzene rings is 1. The number of nitrogens with one attached hydrogen (secondary N) is 1. The summed E-state index contributed by atoms with van der Waals surface area (Å²) in [6.07, 6.45) is 5.20. The lowest BCUT2D eigenvalue weighted by atomic mass is 10.0. The second-order valence-electron chi connectivity index (χ2n) is 4.58. The van der Waals surface area contributed by atoms with E-state index in [1.807, 2.05) is 12.1 Å². The second kappa shape index (κ2) is 6.38. The molecule has 0 heterocycles. The Morgan fingerprint density at radius 1 is 1.29 bits per heavy atom. The molecule has 0 saturated heterocycles. The highest BCUT2D eigenvalue weighted by Crippen LogP contribution is 2.30. The first-order valence-corrected chi connectivity index (χ1v) is 7.12. The van der Waals surface area contributed by atoms with E-state index >= 15 is 0 Å². The molecule has 0 aromatic heterocycles. The SMILES string of the molecule is NNC(CSc1ccc(F)cc1)C1CCCC1. The number of halogens is 1. The van der Waals surface area contributed by atoms with Crippen molar-refractivity contribution < 1.29 is 4.39 Å². The summed E-state index contributed by atoms with van der Waals surface area (Å²) in [5, 5.41) is 0. The van der Waals surface area contributed by atoms with Crippen LogP contribution in [0.25, 0.3) is 0 Å². The summed E-state index contributed by atoms with van der Waals surface area (Å²) >= 11 is 1.74. The smallest absolute Gasteiger partial charge is 0.123 e. The highest BCUT2D eigenvalue weighted by atomic mass is 32.2. The van der Waals surface area contributed by atoms with Gasteiger partial charge in [-0.15, -0.1) is 11.8 Å². The van der Waals surface area contributed by atoms with Crippen LogP contribution in [-0.2, 0) is 0 Å². The van der Waals surface area contributed by atoms with Crippen LogP contribution < -0.4 is 11.3 Å². The number of thioether (sulfide) groups is 1. The van der Waals surface area contributed by atoms with Gasteiger partial charge in [-0.25, -0.2) is 4.39 Å². The average Bonchev–Trinajstić information content (AvgIpc) is 2.86. The molecule has 1 atom stereocenters. The summed E-state index contributed by atoms with van der Waals surface area (Å²) in [4.78, 5) is 1.10. The zero-order valence-corrected chi connectivity index (χ0v) is 10.7. The maximum absolute atomic E-state index is 12.8. The Labute approximate surface area is 106 Å². The maximum atomic E-state index is 12.8. The third-order valence-electron chi connectivity index (χ3n) is 3.43. The molecule has 1 saturated carbocycles. The molecule has 2 nitrogen and oxygen atoms in total. The molecule has 94 valence electrons. The van der Waals surface area contributed by atoms with Gasteiger partial charge in [0.05, 0.1) is 0 Å². The number of nitrogens with two attached hydrogens (primary N) is 1. The van der Waals surface area contributed by atoms with Crippen LogP contribution in [0.15, 0.2) is 29.2 Å². The predicted molar refractivity (Wildman–Crippen MR) is 70.2 cm³/mol. The fourth-order valence-electron chi connectivity index (χ4n) is 2.40. The van der Waals surface area contributed by atoms with Crippen molar-refractivity contribution in [2.75, 3.05) is 5.75 Å². The van der Waals surface area contributed by atoms with E-state index in [-0.39, 0.29) is 5.82 Å². The molecule has 1 aromatic carbocycles. The van der Waals surface area contributed by atoms with Crippen LogP contribution in [0.2, 0.25) is 0 Å². The number of hydrogen-bond donors (Lipinski definition) is 2. The van der Waals surface area contributed by atoms with Crippen LogP contribution >= 0.6 is 11.8 Å². The number of hydrogen-bond acceptors (Lipinski definition) is 3. The third kappa shape index (κ3) is 3.69. The van der Waals surface area contributed by atoms with Crippen molar-refractivity contribution in [3.05, 3.63) is 30.1 Å². The van der Waals surface area contributed by atoms with Gasteiger partial charge < -0.3 is 0 Å². The molecule has 0 bridgehead atoms.